The van der Waals surface area contributed by atoms with E-state index < -0.39 is 0 Å². The van der Waals surface area contributed by atoms with E-state index in [0.717, 1.165) is 0 Å². The Kier molecular flexibility index (Phi) is 3.97. The van der Waals surface area contributed by atoms with Crippen LogP contribution in [0.15, 0.2) is 35.2 Å². The highest BCUT2D eigenvalue weighted by Crippen LogP contribution is 2.11. The van der Waals surface area contributed by atoms with Crippen molar-refractivity contribution in [3.8, 4) is 5.88 Å². The van der Waals surface area contributed by atoms with Gasteiger partial charge in [-0.2, -0.15) is 0 Å². The third-order valence-corrected chi connectivity index (χ3v) is 2.41. The number of amides is 2. The van der Waals surface area contributed by atoms with Crippen molar-refractivity contribution in [2.75, 3.05) is 19.5 Å². The first-order valence-electron chi connectivity index (χ1n) is 5.59. The molecule has 100 valence electrons. The molecule has 2 amide bonds. The van der Waals surface area contributed by atoms with E-state index >= 15 is 0 Å². The van der Waals surface area contributed by atoms with Crippen LogP contribution in [0.3, 0.4) is 0 Å². The predicted octanol–water partition coefficient (Wildman–Crippen LogP) is 1.74. The minimum atomic E-state index is -0.294. The van der Waals surface area contributed by atoms with E-state index in [1.54, 1.807) is 31.5 Å². The summed E-state index contributed by atoms with van der Waals surface area (Å²) < 4.78 is 10.1. The summed E-state index contributed by atoms with van der Waals surface area (Å²) >= 11 is 0. The van der Waals surface area contributed by atoms with Gasteiger partial charge in [-0.15, -0.1) is 0 Å². The number of rotatable bonds is 4. The van der Waals surface area contributed by atoms with Crippen molar-refractivity contribution in [3.63, 3.8) is 0 Å². The molecule has 0 saturated carbocycles. The Morgan fingerprint density at radius 2 is 2.37 bits per heavy atom. The summed E-state index contributed by atoms with van der Waals surface area (Å²) in [6, 6.07) is 4.82. The molecule has 2 aromatic heterocycles. The topological polar surface area (TPSA) is 80.5 Å². The molecule has 2 rings (SSSR count). The molecular weight excluding hydrogens is 248 g/mol. The maximum absolute atomic E-state index is 11.9. The van der Waals surface area contributed by atoms with Crippen LogP contribution in [0, 0.1) is 0 Å². The van der Waals surface area contributed by atoms with Crippen LogP contribution in [0.1, 0.15) is 5.76 Å². The summed E-state index contributed by atoms with van der Waals surface area (Å²) in [7, 11) is 3.16. The standard InChI is InChI=1S/C12H14N4O3/c1-16(7-9-4-3-5-19-9)12(17)15-10-6-11(18-2)14-8-13-10/h3-6,8H,7H2,1-2H3,(H,13,14,15,17). The van der Waals surface area contributed by atoms with Crippen molar-refractivity contribution in [1.29, 1.82) is 0 Å². The monoisotopic (exact) mass is 262 g/mol. The zero-order chi connectivity index (χ0) is 13.7. The van der Waals surface area contributed by atoms with Gasteiger partial charge in [0.2, 0.25) is 5.88 Å². The molecule has 1 N–H and O–H groups in total. The van der Waals surface area contributed by atoms with Gasteiger partial charge in [-0.05, 0) is 12.1 Å². The molecule has 0 aliphatic carbocycles. The first-order valence-corrected chi connectivity index (χ1v) is 5.59. The van der Waals surface area contributed by atoms with Crippen LogP contribution in [0.25, 0.3) is 0 Å². The molecule has 0 radical (unpaired) electrons. The molecular formula is C12H14N4O3. The smallest absolute Gasteiger partial charge is 0.323 e. The Morgan fingerprint density at radius 1 is 1.53 bits per heavy atom. The minimum Gasteiger partial charge on any atom is -0.481 e. The van der Waals surface area contributed by atoms with E-state index in [-0.39, 0.29) is 6.03 Å². The maximum atomic E-state index is 11.9. The molecule has 0 atom stereocenters. The highest BCUT2D eigenvalue weighted by Gasteiger charge is 2.11. The van der Waals surface area contributed by atoms with Gasteiger partial charge in [0.15, 0.2) is 0 Å². The second kappa shape index (κ2) is 5.85. The van der Waals surface area contributed by atoms with E-state index in [4.69, 9.17) is 9.15 Å². The number of ether oxygens (including phenoxy) is 1. The normalized spacial score (nSPS) is 10.0. The average molecular weight is 262 g/mol. The number of carbonyl (C=O) groups excluding carboxylic acids is 1. The molecule has 0 unspecified atom stereocenters. The largest absolute Gasteiger partial charge is 0.481 e. The Balaban J connectivity index is 1.96. The zero-order valence-corrected chi connectivity index (χ0v) is 10.7. The number of hydrogen-bond acceptors (Lipinski definition) is 5. The molecule has 7 heteroatoms. The van der Waals surface area contributed by atoms with Crippen LogP contribution in [-0.2, 0) is 6.54 Å². The molecule has 0 saturated heterocycles. The average Bonchev–Trinajstić information content (AvgIpc) is 2.91. The van der Waals surface area contributed by atoms with Crippen LogP contribution in [0.4, 0.5) is 10.6 Å². The van der Waals surface area contributed by atoms with E-state index in [2.05, 4.69) is 15.3 Å². The lowest BCUT2D eigenvalue weighted by molar-refractivity contribution is 0.216. The second-order valence-corrected chi connectivity index (χ2v) is 3.81. The van der Waals surface area contributed by atoms with Crippen molar-refractivity contribution < 1.29 is 13.9 Å². The van der Waals surface area contributed by atoms with E-state index in [1.807, 2.05) is 0 Å². The number of furan rings is 1. The molecule has 19 heavy (non-hydrogen) atoms. The number of hydrogen-bond donors (Lipinski definition) is 1. The van der Waals surface area contributed by atoms with Gasteiger partial charge in [0.05, 0.1) is 19.9 Å². The number of anilines is 1. The summed E-state index contributed by atoms with van der Waals surface area (Å²) in [5.74, 6) is 1.47. The van der Waals surface area contributed by atoms with Crippen LogP contribution in [0.5, 0.6) is 5.88 Å². The predicted molar refractivity (Wildman–Crippen MR) is 67.8 cm³/mol. The van der Waals surface area contributed by atoms with Gasteiger partial charge in [-0.25, -0.2) is 14.8 Å². The molecule has 0 aliphatic rings. The molecule has 2 aromatic rings. The first kappa shape index (κ1) is 12.9. The molecule has 0 spiro atoms. The fraction of sp³-hybridized carbons (Fsp3) is 0.250. The van der Waals surface area contributed by atoms with E-state index in [9.17, 15) is 4.79 Å². The second-order valence-electron chi connectivity index (χ2n) is 3.81. The molecule has 7 nitrogen and oxygen atoms in total. The Bertz CT molecular complexity index is 542. The molecule has 0 fully saturated rings. The molecule has 2 heterocycles. The number of carbonyl (C=O) groups is 1. The summed E-state index contributed by atoms with van der Waals surface area (Å²) in [6.07, 6.45) is 2.89. The Morgan fingerprint density at radius 3 is 3.05 bits per heavy atom. The van der Waals surface area contributed by atoms with Gasteiger partial charge in [-0.3, -0.25) is 5.32 Å². The van der Waals surface area contributed by atoms with Gasteiger partial charge in [0.25, 0.3) is 0 Å². The fourth-order valence-corrected chi connectivity index (χ4v) is 1.43. The van der Waals surface area contributed by atoms with Gasteiger partial charge in [0, 0.05) is 13.1 Å². The number of nitrogens with one attached hydrogen (secondary N) is 1. The summed E-state index contributed by atoms with van der Waals surface area (Å²) in [4.78, 5) is 21.2. The number of methoxy groups -OCH3 is 1. The number of urea groups is 1. The van der Waals surface area contributed by atoms with Gasteiger partial charge >= 0.3 is 6.03 Å². The van der Waals surface area contributed by atoms with Crippen LogP contribution in [-0.4, -0.2) is 35.1 Å². The van der Waals surface area contributed by atoms with Crippen LogP contribution < -0.4 is 10.1 Å². The fourth-order valence-electron chi connectivity index (χ4n) is 1.43. The Labute approximate surface area is 110 Å². The van der Waals surface area contributed by atoms with Gasteiger partial charge < -0.3 is 14.1 Å². The Hall–Kier alpha value is -2.57. The van der Waals surface area contributed by atoms with Crippen molar-refractivity contribution in [2.24, 2.45) is 0 Å². The zero-order valence-electron chi connectivity index (χ0n) is 10.7. The summed E-state index contributed by atoms with van der Waals surface area (Å²) in [5.41, 5.74) is 0. The quantitative estimate of drug-likeness (QED) is 0.907. The lowest BCUT2D eigenvalue weighted by atomic mass is 10.4. The van der Waals surface area contributed by atoms with Crippen LogP contribution >= 0.6 is 0 Å². The van der Waals surface area contributed by atoms with Crippen LogP contribution in [0.2, 0.25) is 0 Å². The van der Waals surface area contributed by atoms with Gasteiger partial charge in [0.1, 0.15) is 17.9 Å². The SMILES string of the molecule is COc1cc(NC(=O)N(C)Cc2ccco2)ncn1. The van der Waals surface area contributed by atoms with E-state index in [1.165, 1.54) is 18.3 Å². The first-order chi connectivity index (χ1) is 9.19. The van der Waals surface area contributed by atoms with Crippen molar-refractivity contribution in [1.82, 2.24) is 14.9 Å². The molecule has 0 aromatic carbocycles. The summed E-state index contributed by atoms with van der Waals surface area (Å²) in [5, 5.41) is 2.64. The lowest BCUT2D eigenvalue weighted by Gasteiger charge is -2.16. The maximum Gasteiger partial charge on any atom is 0.323 e. The highest BCUT2D eigenvalue weighted by atomic mass is 16.5. The van der Waals surface area contributed by atoms with Crippen molar-refractivity contribution >= 4 is 11.8 Å². The number of nitrogens with zero attached hydrogens (tertiary/aromatic N) is 3. The third-order valence-electron chi connectivity index (χ3n) is 2.41. The van der Waals surface area contributed by atoms with E-state index in [0.29, 0.717) is 24.0 Å². The lowest BCUT2D eigenvalue weighted by Crippen LogP contribution is -2.31. The molecule has 0 bridgehead atoms. The van der Waals surface area contributed by atoms with Gasteiger partial charge in [-0.1, -0.05) is 0 Å². The highest BCUT2D eigenvalue weighted by molar-refractivity contribution is 5.88. The van der Waals surface area contributed by atoms with Crippen molar-refractivity contribution in [2.45, 2.75) is 6.54 Å². The number of aromatic nitrogens is 2. The summed E-state index contributed by atoms with van der Waals surface area (Å²) in [6.45, 7) is 0.376. The third kappa shape index (κ3) is 3.44. The minimum absolute atomic E-state index is 0.294. The van der Waals surface area contributed by atoms with Crippen molar-refractivity contribution in [3.05, 3.63) is 36.5 Å². The molecule has 0 aliphatic heterocycles.